The summed E-state index contributed by atoms with van der Waals surface area (Å²) >= 11 is 5.82. The zero-order valence-corrected chi connectivity index (χ0v) is 10.8. The maximum Gasteiger partial charge on any atom is 0.305 e. The van der Waals surface area contributed by atoms with E-state index in [2.05, 4.69) is 0 Å². The van der Waals surface area contributed by atoms with Gasteiger partial charge in [0.15, 0.2) is 0 Å². The summed E-state index contributed by atoms with van der Waals surface area (Å²) in [6.45, 7) is -0.00676. The van der Waals surface area contributed by atoms with Gasteiger partial charge in [0.05, 0.1) is 21.9 Å². The van der Waals surface area contributed by atoms with E-state index < -0.39 is 16.8 Å². The van der Waals surface area contributed by atoms with E-state index in [1.54, 1.807) is 0 Å². The number of aliphatic carboxylic acids is 1. The Balaban J connectivity index is 2.95. The number of halogens is 1. The van der Waals surface area contributed by atoms with Crippen molar-refractivity contribution in [2.75, 3.05) is 13.6 Å². The van der Waals surface area contributed by atoms with Crippen molar-refractivity contribution in [1.82, 2.24) is 4.90 Å². The van der Waals surface area contributed by atoms with Crippen LogP contribution in [0.25, 0.3) is 0 Å². The Morgan fingerprint density at radius 3 is 2.63 bits per heavy atom. The monoisotopic (exact) mass is 286 g/mol. The smallest absolute Gasteiger partial charge is 0.305 e. The number of hydrogen-bond donors (Lipinski definition) is 1. The number of carboxylic acid groups (broad SMARTS) is 1. The minimum Gasteiger partial charge on any atom is -0.481 e. The lowest BCUT2D eigenvalue weighted by atomic mass is 10.1. The van der Waals surface area contributed by atoms with Gasteiger partial charge in [0.1, 0.15) is 0 Å². The number of amides is 1. The van der Waals surface area contributed by atoms with Gasteiger partial charge in [-0.25, -0.2) is 0 Å². The molecule has 0 heterocycles. The van der Waals surface area contributed by atoms with E-state index in [4.69, 9.17) is 16.7 Å². The third-order valence-electron chi connectivity index (χ3n) is 2.40. The molecule has 7 nitrogen and oxygen atoms in total. The number of nitro benzene ring substituents is 1. The molecular formula is C11H11ClN2O5. The first kappa shape index (κ1) is 14.9. The molecule has 0 saturated carbocycles. The lowest BCUT2D eigenvalue weighted by Crippen LogP contribution is -2.29. The van der Waals surface area contributed by atoms with Crippen LogP contribution in [-0.4, -0.2) is 40.4 Å². The summed E-state index contributed by atoms with van der Waals surface area (Å²) in [5.41, 5.74) is -0.275. The molecule has 0 aliphatic carbocycles. The fourth-order valence-corrected chi connectivity index (χ4v) is 1.56. The van der Waals surface area contributed by atoms with E-state index in [1.165, 1.54) is 19.2 Å². The predicted molar refractivity (Wildman–Crippen MR) is 67.3 cm³/mol. The Labute approximate surface area is 113 Å². The highest BCUT2D eigenvalue weighted by Gasteiger charge is 2.19. The molecule has 0 aromatic heterocycles. The third-order valence-corrected chi connectivity index (χ3v) is 2.73. The van der Waals surface area contributed by atoms with E-state index >= 15 is 0 Å². The molecule has 0 fully saturated rings. The van der Waals surface area contributed by atoms with Gasteiger partial charge in [-0.2, -0.15) is 0 Å². The van der Waals surface area contributed by atoms with Crippen LogP contribution >= 0.6 is 11.6 Å². The van der Waals surface area contributed by atoms with Crippen LogP contribution in [0.2, 0.25) is 5.02 Å². The predicted octanol–water partition coefficient (Wildman–Crippen LogP) is 1.79. The number of carbonyl (C=O) groups excluding carboxylic acids is 1. The van der Waals surface area contributed by atoms with Crippen LogP contribution in [-0.2, 0) is 4.79 Å². The maximum absolute atomic E-state index is 12.0. The van der Waals surface area contributed by atoms with Crippen molar-refractivity contribution in [2.24, 2.45) is 0 Å². The molecule has 0 aliphatic rings. The molecule has 0 saturated heterocycles. The number of nitro groups is 1. The van der Waals surface area contributed by atoms with Crippen LogP contribution in [0.15, 0.2) is 18.2 Å². The van der Waals surface area contributed by atoms with Gasteiger partial charge in [-0.05, 0) is 6.07 Å². The van der Waals surface area contributed by atoms with Crippen molar-refractivity contribution < 1.29 is 19.6 Å². The van der Waals surface area contributed by atoms with Crippen molar-refractivity contribution in [3.63, 3.8) is 0 Å². The summed E-state index contributed by atoms with van der Waals surface area (Å²) in [7, 11) is 1.40. The number of hydrogen-bond acceptors (Lipinski definition) is 4. The number of carboxylic acids is 1. The van der Waals surface area contributed by atoms with E-state index in [0.29, 0.717) is 0 Å². The molecule has 8 heteroatoms. The van der Waals surface area contributed by atoms with Gasteiger partial charge >= 0.3 is 5.97 Å². The van der Waals surface area contributed by atoms with E-state index in [-0.39, 0.29) is 29.2 Å². The molecule has 19 heavy (non-hydrogen) atoms. The summed E-state index contributed by atoms with van der Waals surface area (Å²) < 4.78 is 0. The number of nitrogens with zero attached hydrogens (tertiary/aromatic N) is 2. The van der Waals surface area contributed by atoms with E-state index in [0.717, 1.165) is 11.0 Å². The van der Waals surface area contributed by atoms with Crippen molar-refractivity contribution in [2.45, 2.75) is 6.42 Å². The Hall–Kier alpha value is -2.15. The minimum atomic E-state index is -1.04. The third kappa shape index (κ3) is 3.92. The molecule has 0 bridgehead atoms. The fraction of sp³-hybridized carbons (Fsp3) is 0.273. The van der Waals surface area contributed by atoms with Gasteiger partial charge < -0.3 is 10.0 Å². The SMILES string of the molecule is CN(CCC(=O)O)C(=O)c1cc([N+](=O)[O-])ccc1Cl. The Kier molecular flexibility index (Phi) is 4.82. The van der Waals surface area contributed by atoms with Crippen molar-refractivity contribution >= 4 is 29.2 Å². The number of carbonyl (C=O) groups is 2. The van der Waals surface area contributed by atoms with Gasteiger partial charge in [0.25, 0.3) is 11.6 Å². The number of non-ortho nitro benzene ring substituents is 1. The summed E-state index contributed by atoms with van der Waals surface area (Å²) in [5.74, 6) is -1.60. The van der Waals surface area contributed by atoms with Crippen LogP contribution in [0.4, 0.5) is 5.69 Å². The molecule has 0 unspecified atom stereocenters. The Bertz CT molecular complexity index is 532. The van der Waals surface area contributed by atoms with Crippen LogP contribution in [0, 0.1) is 10.1 Å². The summed E-state index contributed by atoms with van der Waals surface area (Å²) in [6, 6.07) is 3.52. The van der Waals surface area contributed by atoms with Crippen LogP contribution in [0.1, 0.15) is 16.8 Å². The Morgan fingerprint density at radius 1 is 1.47 bits per heavy atom. The molecule has 0 atom stereocenters. The van der Waals surface area contributed by atoms with Gasteiger partial charge in [-0.1, -0.05) is 11.6 Å². The topological polar surface area (TPSA) is 101 Å². The average Bonchev–Trinajstić information content (AvgIpc) is 2.35. The highest BCUT2D eigenvalue weighted by Crippen LogP contribution is 2.23. The molecule has 1 rings (SSSR count). The fourth-order valence-electron chi connectivity index (χ4n) is 1.36. The maximum atomic E-state index is 12.0. The quantitative estimate of drug-likeness (QED) is 0.657. The molecule has 0 spiro atoms. The molecular weight excluding hydrogens is 276 g/mol. The molecule has 0 aliphatic heterocycles. The van der Waals surface area contributed by atoms with Crippen molar-refractivity contribution in [3.8, 4) is 0 Å². The molecule has 1 aromatic carbocycles. The lowest BCUT2D eigenvalue weighted by Gasteiger charge is -2.16. The molecule has 1 amide bonds. The summed E-state index contributed by atoms with van der Waals surface area (Å²) in [4.78, 5) is 33.5. The second-order valence-electron chi connectivity index (χ2n) is 3.79. The number of rotatable bonds is 5. The van der Waals surface area contributed by atoms with Gasteiger partial charge in [0, 0.05) is 25.7 Å². The Morgan fingerprint density at radius 2 is 2.11 bits per heavy atom. The lowest BCUT2D eigenvalue weighted by molar-refractivity contribution is -0.384. The van der Waals surface area contributed by atoms with Gasteiger partial charge in [-0.3, -0.25) is 19.7 Å². The van der Waals surface area contributed by atoms with Crippen LogP contribution < -0.4 is 0 Å². The first-order valence-electron chi connectivity index (χ1n) is 5.24. The number of benzene rings is 1. The average molecular weight is 287 g/mol. The first-order valence-corrected chi connectivity index (χ1v) is 5.62. The zero-order chi connectivity index (χ0) is 14.6. The second kappa shape index (κ2) is 6.14. The van der Waals surface area contributed by atoms with Crippen LogP contribution in [0.3, 0.4) is 0 Å². The minimum absolute atomic E-state index is 0.00676. The van der Waals surface area contributed by atoms with E-state index in [9.17, 15) is 19.7 Å². The van der Waals surface area contributed by atoms with Crippen molar-refractivity contribution in [1.29, 1.82) is 0 Å². The second-order valence-corrected chi connectivity index (χ2v) is 4.20. The van der Waals surface area contributed by atoms with Gasteiger partial charge in [-0.15, -0.1) is 0 Å². The highest BCUT2D eigenvalue weighted by molar-refractivity contribution is 6.33. The molecule has 1 aromatic rings. The first-order chi connectivity index (χ1) is 8.82. The summed E-state index contributed by atoms with van der Waals surface area (Å²) in [5, 5.41) is 19.2. The van der Waals surface area contributed by atoms with E-state index in [1.807, 2.05) is 0 Å². The van der Waals surface area contributed by atoms with Crippen molar-refractivity contribution in [3.05, 3.63) is 38.9 Å². The van der Waals surface area contributed by atoms with Gasteiger partial charge in [0.2, 0.25) is 0 Å². The highest BCUT2D eigenvalue weighted by atomic mass is 35.5. The zero-order valence-electron chi connectivity index (χ0n) is 10.00. The largest absolute Gasteiger partial charge is 0.481 e. The normalized spacial score (nSPS) is 10.0. The molecule has 1 N–H and O–H groups in total. The molecule has 0 radical (unpaired) electrons. The standard InChI is InChI=1S/C11H11ClN2O5/c1-13(5-4-10(15)16)11(17)8-6-7(14(18)19)2-3-9(8)12/h2-3,6H,4-5H2,1H3,(H,15,16). The summed E-state index contributed by atoms with van der Waals surface area (Å²) in [6.07, 6.45) is -0.214. The van der Waals surface area contributed by atoms with Crippen LogP contribution in [0.5, 0.6) is 0 Å². The molecule has 102 valence electrons.